The smallest absolute Gasteiger partial charge is 0.172 e. The molecule has 0 bridgehead atoms. The Bertz CT molecular complexity index is 810. The molecule has 1 aliphatic heterocycles. The molecule has 2 fully saturated rings. The Labute approximate surface area is 187 Å². The van der Waals surface area contributed by atoms with Crippen LogP contribution in [0.25, 0.3) is 0 Å². The second-order valence-corrected chi connectivity index (χ2v) is 10.5. The summed E-state index contributed by atoms with van der Waals surface area (Å²) in [5, 5.41) is 8.75. The summed E-state index contributed by atoms with van der Waals surface area (Å²) in [7, 11) is 0. The fraction of sp³-hybridized carbons (Fsp3) is 0.808. The van der Waals surface area contributed by atoms with E-state index in [9.17, 15) is 0 Å². The molecule has 5 heteroatoms. The molecule has 5 rings (SSSR count). The van der Waals surface area contributed by atoms with Crippen LogP contribution in [0.15, 0.2) is 22.8 Å². The van der Waals surface area contributed by atoms with Crippen LogP contribution in [0.4, 0.5) is 0 Å². The minimum atomic E-state index is -0.523. The Balaban J connectivity index is 1.45. The van der Waals surface area contributed by atoms with Crippen molar-refractivity contribution in [3.05, 3.63) is 22.8 Å². The third kappa shape index (κ3) is 3.22. The summed E-state index contributed by atoms with van der Waals surface area (Å²) in [5.41, 5.74) is 4.87. The molecule has 0 aromatic rings. The third-order valence-corrected chi connectivity index (χ3v) is 9.14. The van der Waals surface area contributed by atoms with Gasteiger partial charge in [-0.25, -0.2) is 0 Å². The van der Waals surface area contributed by atoms with Gasteiger partial charge in [-0.1, -0.05) is 18.6 Å². The van der Waals surface area contributed by atoms with Gasteiger partial charge in [0.15, 0.2) is 12.1 Å². The molecule has 1 saturated heterocycles. The SMILES string of the molecule is CCOC(C)O[C@]1(C(C)=N)CCC2C3CCC4=C(CCC5(C4)OCCO5)C3=CCC21C. The fourth-order valence-corrected chi connectivity index (χ4v) is 7.74. The molecule has 1 N–H and O–H groups in total. The first-order valence-corrected chi connectivity index (χ1v) is 12.4. The summed E-state index contributed by atoms with van der Waals surface area (Å²) in [6.45, 7) is 10.4. The Morgan fingerprint density at radius 3 is 2.71 bits per heavy atom. The number of fused-ring (bicyclic) bond motifs is 4. The summed E-state index contributed by atoms with van der Waals surface area (Å²) in [5.74, 6) is 0.813. The van der Waals surface area contributed by atoms with E-state index in [1.807, 2.05) is 20.8 Å². The Morgan fingerprint density at radius 2 is 2.00 bits per heavy atom. The number of ether oxygens (including phenoxy) is 4. The van der Waals surface area contributed by atoms with Crippen molar-refractivity contribution in [1.82, 2.24) is 0 Å². The highest BCUT2D eigenvalue weighted by molar-refractivity contribution is 5.89. The molecule has 0 aromatic heterocycles. The van der Waals surface area contributed by atoms with Gasteiger partial charge in [0.2, 0.25) is 0 Å². The molecular formula is C26H39NO4. The summed E-state index contributed by atoms with van der Waals surface area (Å²) < 4.78 is 24.4. The van der Waals surface area contributed by atoms with Gasteiger partial charge < -0.3 is 24.4 Å². The largest absolute Gasteiger partial charge is 0.353 e. The monoisotopic (exact) mass is 429 g/mol. The van der Waals surface area contributed by atoms with E-state index in [0.717, 1.165) is 58.2 Å². The van der Waals surface area contributed by atoms with Gasteiger partial charge >= 0.3 is 0 Å². The summed E-state index contributed by atoms with van der Waals surface area (Å²) in [4.78, 5) is 0. The van der Waals surface area contributed by atoms with Crippen LogP contribution in [0.2, 0.25) is 0 Å². The zero-order valence-corrected chi connectivity index (χ0v) is 19.7. The molecule has 5 nitrogen and oxygen atoms in total. The van der Waals surface area contributed by atoms with Crippen LogP contribution in [0.1, 0.15) is 79.1 Å². The van der Waals surface area contributed by atoms with E-state index in [2.05, 4.69) is 13.0 Å². The van der Waals surface area contributed by atoms with Gasteiger partial charge in [0.1, 0.15) is 5.60 Å². The normalized spacial score (nSPS) is 39.7. The molecule has 1 saturated carbocycles. The standard InChI is InChI=1S/C26H39NO4/c1-5-28-18(3)31-26(17(2)27)13-10-23-22-7-6-19-16-25(29-14-15-30-25)12-9-20(19)21(22)8-11-24(23,26)4/h8,18,22-23,27H,5-7,9-16H2,1-4H3/t18?,22?,23?,24?,26-/m0/s1. The third-order valence-electron chi connectivity index (χ3n) is 9.14. The van der Waals surface area contributed by atoms with Crippen molar-refractivity contribution in [1.29, 1.82) is 5.41 Å². The highest BCUT2D eigenvalue weighted by Gasteiger charge is 2.63. The summed E-state index contributed by atoms with van der Waals surface area (Å²) in [6.07, 6.45) is 10.6. The molecule has 1 spiro atoms. The average Bonchev–Trinajstić information content (AvgIpc) is 3.30. The van der Waals surface area contributed by atoms with Gasteiger partial charge in [0, 0.05) is 30.6 Å². The number of hydrogen-bond donors (Lipinski definition) is 1. The Kier molecular flexibility index (Phi) is 5.48. The van der Waals surface area contributed by atoms with E-state index in [1.165, 1.54) is 6.42 Å². The molecule has 0 radical (unpaired) electrons. The van der Waals surface area contributed by atoms with Crippen LogP contribution < -0.4 is 0 Å². The number of allylic oxidation sites excluding steroid dienone is 3. The van der Waals surface area contributed by atoms with Crippen LogP contribution in [-0.4, -0.2) is 43.2 Å². The van der Waals surface area contributed by atoms with Crippen molar-refractivity contribution in [2.75, 3.05) is 19.8 Å². The lowest BCUT2D eigenvalue weighted by Gasteiger charge is -2.53. The average molecular weight is 430 g/mol. The van der Waals surface area contributed by atoms with Crippen molar-refractivity contribution in [3.8, 4) is 0 Å². The van der Waals surface area contributed by atoms with Crippen LogP contribution >= 0.6 is 0 Å². The molecule has 1 heterocycles. The van der Waals surface area contributed by atoms with Crippen molar-refractivity contribution < 1.29 is 18.9 Å². The summed E-state index contributed by atoms with van der Waals surface area (Å²) >= 11 is 0. The zero-order chi connectivity index (χ0) is 21.9. The van der Waals surface area contributed by atoms with Gasteiger partial charge in [-0.3, -0.25) is 0 Å². The Morgan fingerprint density at radius 1 is 1.23 bits per heavy atom. The van der Waals surface area contributed by atoms with Crippen LogP contribution in [0.3, 0.4) is 0 Å². The lowest BCUT2D eigenvalue weighted by Crippen LogP contribution is -2.56. The van der Waals surface area contributed by atoms with Crippen LogP contribution in [0.5, 0.6) is 0 Å². The van der Waals surface area contributed by atoms with Crippen LogP contribution in [-0.2, 0) is 18.9 Å². The molecule has 0 aromatic carbocycles. The minimum absolute atomic E-state index is 0.0516. The fourth-order valence-electron chi connectivity index (χ4n) is 7.74. The maximum Gasteiger partial charge on any atom is 0.172 e. The first-order valence-electron chi connectivity index (χ1n) is 12.4. The predicted molar refractivity (Wildman–Crippen MR) is 120 cm³/mol. The van der Waals surface area contributed by atoms with E-state index in [-0.39, 0.29) is 17.5 Å². The second kappa shape index (κ2) is 7.79. The van der Waals surface area contributed by atoms with Crippen molar-refractivity contribution in [2.24, 2.45) is 17.3 Å². The van der Waals surface area contributed by atoms with E-state index in [1.54, 1.807) is 16.7 Å². The molecule has 4 unspecified atom stereocenters. The van der Waals surface area contributed by atoms with Crippen molar-refractivity contribution in [3.63, 3.8) is 0 Å². The first kappa shape index (κ1) is 21.8. The minimum Gasteiger partial charge on any atom is -0.353 e. The van der Waals surface area contributed by atoms with Gasteiger partial charge in [-0.2, -0.15) is 0 Å². The quantitative estimate of drug-likeness (QED) is 0.460. The first-order chi connectivity index (χ1) is 14.8. The van der Waals surface area contributed by atoms with Crippen molar-refractivity contribution >= 4 is 5.71 Å². The molecule has 5 atom stereocenters. The topological polar surface area (TPSA) is 60.8 Å². The van der Waals surface area contributed by atoms with Crippen molar-refractivity contribution in [2.45, 2.75) is 96.7 Å². The van der Waals surface area contributed by atoms with E-state index < -0.39 is 5.60 Å². The second-order valence-electron chi connectivity index (χ2n) is 10.5. The number of nitrogens with one attached hydrogen (secondary N) is 1. The van der Waals surface area contributed by atoms with Crippen LogP contribution in [0, 0.1) is 22.7 Å². The van der Waals surface area contributed by atoms with Gasteiger partial charge in [-0.15, -0.1) is 0 Å². The maximum absolute atomic E-state index is 8.75. The molecule has 4 aliphatic carbocycles. The predicted octanol–water partition coefficient (Wildman–Crippen LogP) is 5.54. The van der Waals surface area contributed by atoms with E-state index >= 15 is 0 Å². The highest BCUT2D eigenvalue weighted by atomic mass is 16.7. The number of rotatable bonds is 5. The lowest BCUT2D eigenvalue weighted by molar-refractivity contribution is -0.208. The number of hydrogen-bond acceptors (Lipinski definition) is 5. The molecule has 0 amide bonds. The molecule has 31 heavy (non-hydrogen) atoms. The molecule has 5 aliphatic rings. The maximum atomic E-state index is 8.75. The van der Waals surface area contributed by atoms with Gasteiger partial charge in [0.05, 0.1) is 13.2 Å². The summed E-state index contributed by atoms with van der Waals surface area (Å²) in [6, 6.07) is 0. The van der Waals surface area contributed by atoms with E-state index in [0.29, 0.717) is 24.2 Å². The molecule has 172 valence electrons. The molecular weight excluding hydrogens is 390 g/mol. The van der Waals surface area contributed by atoms with Gasteiger partial charge in [-0.05, 0) is 82.3 Å². The zero-order valence-electron chi connectivity index (χ0n) is 19.7. The van der Waals surface area contributed by atoms with E-state index in [4.69, 9.17) is 24.4 Å². The lowest BCUT2D eigenvalue weighted by atomic mass is 9.55. The Hall–Kier alpha value is -1.01. The van der Waals surface area contributed by atoms with Gasteiger partial charge in [0.25, 0.3) is 0 Å². The highest BCUT2D eigenvalue weighted by Crippen LogP contribution is 2.64.